The largest absolute Gasteiger partial charge is 0.299 e. The van der Waals surface area contributed by atoms with Crippen LogP contribution < -0.4 is 9.86 Å². The van der Waals surface area contributed by atoms with Gasteiger partial charge in [0.15, 0.2) is 9.84 Å². The predicted octanol–water partition coefficient (Wildman–Crippen LogP) is 3.95. The molecule has 2 aliphatic heterocycles. The van der Waals surface area contributed by atoms with Gasteiger partial charge in [-0.2, -0.15) is 8.42 Å². The van der Waals surface area contributed by atoms with Crippen LogP contribution in [0.1, 0.15) is 128 Å². The number of nitrogens with two attached hydrogens (primary N) is 1. The Morgan fingerprint density at radius 2 is 1.07 bits per heavy atom. The van der Waals surface area contributed by atoms with E-state index < -0.39 is 60.7 Å². The van der Waals surface area contributed by atoms with Crippen molar-refractivity contribution in [2.24, 2.45) is 34.7 Å². The third kappa shape index (κ3) is 20.0. The highest BCUT2D eigenvalue weighted by molar-refractivity contribution is 8.13. The highest BCUT2D eigenvalue weighted by atomic mass is 35.7. The lowest BCUT2D eigenvalue weighted by Crippen LogP contribution is -2.30. The summed E-state index contributed by atoms with van der Waals surface area (Å²) in [5.41, 5.74) is 1.19. The van der Waals surface area contributed by atoms with Crippen molar-refractivity contribution < 1.29 is 61.0 Å². The van der Waals surface area contributed by atoms with E-state index in [9.17, 15) is 56.5 Å². The molecule has 7 rings (SSSR count). The molecular weight excluding hydrogens is 880 g/mol. The summed E-state index contributed by atoms with van der Waals surface area (Å²) >= 11 is 0. The van der Waals surface area contributed by atoms with E-state index in [1.165, 1.54) is 36.7 Å². The van der Waals surface area contributed by atoms with Gasteiger partial charge in [-0.3, -0.25) is 18.9 Å². The highest BCUT2D eigenvalue weighted by Crippen LogP contribution is 2.36. The first-order valence-corrected chi connectivity index (χ1v) is 29.4. The molecule has 336 valence electrons. The molecule has 0 aromatic heterocycles. The number of fused-ring (bicyclic) bond motifs is 2. The minimum absolute atomic E-state index is 0.0288. The molecule has 6 unspecified atom stereocenters. The maximum Gasteiger partial charge on any atom is 0.265 e. The molecule has 0 aromatic rings. The zero-order chi connectivity index (χ0) is 43.4. The van der Waals surface area contributed by atoms with Gasteiger partial charge in [0.05, 0.1) is 28.8 Å². The molecule has 4 N–H and O–H groups in total. The number of sulfone groups is 1. The Morgan fingerprint density at radius 1 is 0.621 bits per heavy atom. The SMILES string of the molecule is NS(=O)(=O)CC1CCCCC1=O.O=C1CCCCC1CS(=O)(=O)Cl.O=C1CCCCC1CS(=O)(=O)O.O=S1(=O)C=C2CCCCC2C1.O=S1(=O)CC2CCCCC2N1. The molecule has 58 heavy (non-hydrogen) atoms. The van der Waals surface area contributed by atoms with E-state index >= 15 is 0 Å². The molecule has 0 radical (unpaired) electrons. The second-order valence-electron chi connectivity index (χ2n) is 16.5. The van der Waals surface area contributed by atoms with Gasteiger partial charge in [0, 0.05) is 59.1 Å². The van der Waals surface area contributed by atoms with Gasteiger partial charge in [-0.1, -0.05) is 44.1 Å². The summed E-state index contributed by atoms with van der Waals surface area (Å²) in [5, 5.41) is 6.36. The third-order valence-corrected chi connectivity index (χ3v) is 17.4. The molecule has 0 aromatic carbocycles. The van der Waals surface area contributed by atoms with Crippen LogP contribution in [0.4, 0.5) is 0 Å². The topological polar surface area (TPSA) is 280 Å². The van der Waals surface area contributed by atoms with Crippen LogP contribution >= 0.6 is 10.7 Å². The van der Waals surface area contributed by atoms with Gasteiger partial charge < -0.3 is 0 Å². The number of Topliss-reactive ketones (excluding diaryl/α,β-unsaturated/α-hetero) is 3. The Labute approximate surface area is 349 Å². The van der Waals surface area contributed by atoms with E-state index in [0.717, 1.165) is 64.2 Å². The van der Waals surface area contributed by atoms with Crippen LogP contribution in [0.15, 0.2) is 11.0 Å². The van der Waals surface area contributed by atoms with Crippen molar-refractivity contribution >= 4 is 77.1 Å². The first-order chi connectivity index (χ1) is 26.8. The molecule has 0 spiro atoms. The Kier molecular flexibility index (Phi) is 19.9. The third-order valence-electron chi connectivity index (χ3n) is 11.5. The Morgan fingerprint density at radius 3 is 1.52 bits per heavy atom. The molecule has 1 saturated heterocycles. The van der Waals surface area contributed by atoms with Crippen LogP contribution in [0.5, 0.6) is 0 Å². The zero-order valence-corrected chi connectivity index (χ0v) is 37.8. The van der Waals surface area contributed by atoms with Gasteiger partial charge in [-0.15, -0.1) is 0 Å². The molecule has 6 atom stereocenters. The fourth-order valence-corrected chi connectivity index (χ4v) is 15.3. The van der Waals surface area contributed by atoms with E-state index in [0.29, 0.717) is 61.9 Å². The fraction of sp³-hybridized carbons (Fsp3) is 0.861. The fourth-order valence-electron chi connectivity index (χ4n) is 8.61. The molecule has 7 aliphatic rings. The summed E-state index contributed by atoms with van der Waals surface area (Å²) in [6.45, 7) is 0. The average molecular weight is 942 g/mol. The van der Waals surface area contributed by atoms with Crippen molar-refractivity contribution in [2.45, 2.75) is 134 Å². The number of allylic oxidation sites excluding steroid dienone is 1. The first kappa shape index (κ1) is 51.0. The van der Waals surface area contributed by atoms with Crippen LogP contribution in [0.2, 0.25) is 0 Å². The lowest BCUT2D eigenvalue weighted by atomic mass is 9.87. The number of rotatable bonds is 6. The number of hydrogen-bond donors (Lipinski definition) is 3. The monoisotopic (exact) mass is 940 g/mol. The highest BCUT2D eigenvalue weighted by Gasteiger charge is 2.38. The van der Waals surface area contributed by atoms with Crippen LogP contribution in [0, 0.1) is 29.6 Å². The summed E-state index contributed by atoms with van der Waals surface area (Å²) in [6, 6.07) is 0.272. The van der Waals surface area contributed by atoms with Gasteiger partial charge in [0.2, 0.25) is 29.1 Å². The van der Waals surface area contributed by atoms with E-state index in [1.807, 2.05) is 0 Å². The first-order valence-electron chi connectivity index (χ1n) is 20.2. The van der Waals surface area contributed by atoms with Gasteiger partial charge in [-0.25, -0.2) is 43.5 Å². The number of carbonyl (C=O) groups is 3. The molecule has 0 amide bonds. The smallest absolute Gasteiger partial charge is 0.265 e. The maximum absolute atomic E-state index is 11.2. The number of nitrogens with one attached hydrogen (secondary N) is 1. The van der Waals surface area contributed by atoms with Crippen molar-refractivity contribution in [3.05, 3.63) is 11.0 Å². The molecule has 5 saturated carbocycles. The number of sulfonamides is 2. The van der Waals surface area contributed by atoms with E-state index in [1.54, 1.807) is 0 Å². The summed E-state index contributed by atoms with van der Waals surface area (Å²) in [7, 11) is -11.6. The summed E-state index contributed by atoms with van der Waals surface area (Å²) in [5.74, 6) is -0.281. The van der Waals surface area contributed by atoms with Gasteiger partial charge in [0.25, 0.3) is 10.1 Å². The standard InChI is InChI=1S/C8H12O2S.C7H11ClO3S.C7H13NO3S.C7H13NO2S.C7H12O4S/c9-11(10)5-7-3-1-2-4-8(7)6-11;2*8-12(10,11)5-6-3-1-2-4-7(6)9;9-11(10)5-6-3-1-2-4-7(6)8-11;8-7-4-2-1-3-6(7)5-12(9,10)11/h5,8H,1-4,6H2;6H,1-5H2;6H,1-5H2,(H2,8,10,11);6-8H,1-5H2;6H,1-5H2,(H,9,10,11). The molecule has 16 nitrogen and oxygen atoms in total. The van der Waals surface area contributed by atoms with Crippen molar-refractivity contribution in [1.82, 2.24) is 4.72 Å². The molecule has 5 aliphatic carbocycles. The molecule has 2 heterocycles. The number of primary sulfonamides is 1. The predicted molar refractivity (Wildman–Crippen MR) is 221 cm³/mol. The minimum Gasteiger partial charge on any atom is -0.299 e. The van der Waals surface area contributed by atoms with Crippen LogP contribution in [-0.2, 0) is 63.4 Å². The Hall–Kier alpha value is -1.33. The minimum atomic E-state index is -3.98. The summed E-state index contributed by atoms with van der Waals surface area (Å²) < 4.78 is 119. The molecular formula is C36H61ClN2O14S5. The molecule has 6 fully saturated rings. The van der Waals surface area contributed by atoms with Crippen LogP contribution in [0.3, 0.4) is 0 Å². The van der Waals surface area contributed by atoms with Crippen molar-refractivity contribution in [2.75, 3.05) is 28.8 Å². The number of carbonyl (C=O) groups excluding carboxylic acids is 3. The average Bonchev–Trinajstić information content (AvgIpc) is 3.60. The van der Waals surface area contributed by atoms with Gasteiger partial charge in [0.1, 0.15) is 17.3 Å². The van der Waals surface area contributed by atoms with Crippen LogP contribution in [0.25, 0.3) is 0 Å². The summed E-state index contributed by atoms with van der Waals surface area (Å²) in [6.07, 6.45) is 17.8. The van der Waals surface area contributed by atoms with Crippen LogP contribution in [-0.4, -0.2) is 98.8 Å². The number of ketones is 3. The lowest BCUT2D eigenvalue weighted by molar-refractivity contribution is -0.124. The maximum atomic E-state index is 11.2. The molecule has 22 heteroatoms. The van der Waals surface area contributed by atoms with Crippen molar-refractivity contribution in [3.8, 4) is 0 Å². The molecule has 0 bridgehead atoms. The quantitative estimate of drug-likeness (QED) is 0.251. The lowest BCUT2D eigenvalue weighted by Gasteiger charge is -2.22. The number of halogens is 1. The summed E-state index contributed by atoms with van der Waals surface area (Å²) in [4.78, 5) is 33.4. The van der Waals surface area contributed by atoms with E-state index in [4.69, 9.17) is 20.4 Å². The van der Waals surface area contributed by atoms with E-state index in [2.05, 4.69) is 4.72 Å². The van der Waals surface area contributed by atoms with Gasteiger partial charge in [-0.05, 0) is 82.5 Å². The normalized spacial score (nSPS) is 30.5. The van der Waals surface area contributed by atoms with Crippen molar-refractivity contribution in [3.63, 3.8) is 0 Å². The number of hydrogen-bond acceptors (Lipinski definition) is 13. The Bertz CT molecular complexity index is 1860. The second-order valence-corrected chi connectivity index (χ2v) is 26.2. The van der Waals surface area contributed by atoms with Gasteiger partial charge >= 0.3 is 0 Å². The van der Waals surface area contributed by atoms with E-state index in [-0.39, 0.29) is 46.7 Å². The Balaban J connectivity index is 0.000000194. The van der Waals surface area contributed by atoms with Crippen molar-refractivity contribution in [1.29, 1.82) is 0 Å². The zero-order valence-electron chi connectivity index (χ0n) is 33.0. The second kappa shape index (κ2) is 22.7.